The zero-order valence-corrected chi connectivity index (χ0v) is 11.6. The molecular weight excluding hydrogens is 226 g/mol. The second-order valence-corrected chi connectivity index (χ2v) is 6.16. The quantitative estimate of drug-likeness (QED) is 0.800. The fourth-order valence-electron chi connectivity index (χ4n) is 4.04. The van der Waals surface area contributed by atoms with Crippen LogP contribution in [0.4, 0.5) is 0 Å². The number of amides is 1. The van der Waals surface area contributed by atoms with Gasteiger partial charge < -0.3 is 9.80 Å². The molecule has 4 nitrogen and oxygen atoms in total. The molecule has 3 aliphatic heterocycles. The summed E-state index contributed by atoms with van der Waals surface area (Å²) < 4.78 is 0. The molecule has 3 unspecified atom stereocenters. The molecule has 0 saturated carbocycles. The van der Waals surface area contributed by atoms with E-state index in [-0.39, 0.29) is 6.04 Å². The lowest BCUT2D eigenvalue weighted by Crippen LogP contribution is -2.56. The van der Waals surface area contributed by atoms with Crippen LogP contribution in [0.25, 0.3) is 0 Å². The van der Waals surface area contributed by atoms with E-state index in [1.807, 2.05) is 0 Å². The second-order valence-electron chi connectivity index (χ2n) is 6.16. The van der Waals surface area contributed by atoms with Crippen LogP contribution in [0, 0.1) is 0 Å². The van der Waals surface area contributed by atoms with Crippen LogP contribution in [0.1, 0.15) is 45.4 Å². The van der Waals surface area contributed by atoms with E-state index in [9.17, 15) is 4.79 Å². The summed E-state index contributed by atoms with van der Waals surface area (Å²) in [5, 5.41) is 3.34. The number of hydrogen-bond donors (Lipinski definition) is 1. The Labute approximate surface area is 110 Å². The van der Waals surface area contributed by atoms with E-state index in [0.29, 0.717) is 24.0 Å². The summed E-state index contributed by atoms with van der Waals surface area (Å²) in [5.74, 6) is 0.338. The zero-order valence-electron chi connectivity index (χ0n) is 11.6. The molecule has 2 bridgehead atoms. The molecule has 1 amide bonds. The molecule has 1 N–H and O–H groups in total. The highest BCUT2D eigenvalue weighted by molar-refractivity contribution is 5.84. The van der Waals surface area contributed by atoms with E-state index in [1.54, 1.807) is 0 Å². The van der Waals surface area contributed by atoms with E-state index < -0.39 is 0 Å². The zero-order chi connectivity index (χ0) is 12.7. The highest BCUT2D eigenvalue weighted by atomic mass is 16.2. The SMILES string of the molecule is CCC1NCN(C2CC3CCCC(C2)N3C)C1=O. The highest BCUT2D eigenvalue weighted by Crippen LogP contribution is 2.35. The summed E-state index contributed by atoms with van der Waals surface area (Å²) in [6.07, 6.45) is 7.27. The van der Waals surface area contributed by atoms with Crippen LogP contribution < -0.4 is 5.32 Å². The molecular formula is C14H25N3O. The molecule has 0 aromatic heterocycles. The van der Waals surface area contributed by atoms with Crippen molar-refractivity contribution in [2.45, 2.75) is 69.6 Å². The Kier molecular flexibility index (Phi) is 3.32. The molecule has 3 atom stereocenters. The molecule has 0 spiro atoms. The van der Waals surface area contributed by atoms with Crippen LogP contribution in [0.5, 0.6) is 0 Å². The molecule has 3 heterocycles. The number of nitrogens with zero attached hydrogens (tertiary/aromatic N) is 2. The molecule has 102 valence electrons. The Hall–Kier alpha value is -0.610. The molecule has 0 aromatic carbocycles. The topological polar surface area (TPSA) is 35.6 Å². The maximum absolute atomic E-state index is 12.3. The van der Waals surface area contributed by atoms with Gasteiger partial charge in [0.25, 0.3) is 0 Å². The van der Waals surface area contributed by atoms with Gasteiger partial charge in [-0.1, -0.05) is 13.3 Å². The largest absolute Gasteiger partial charge is 0.325 e. The Bertz CT molecular complexity index is 319. The van der Waals surface area contributed by atoms with E-state index in [2.05, 4.69) is 29.1 Å². The third-order valence-electron chi connectivity index (χ3n) is 5.25. The third kappa shape index (κ3) is 1.95. The maximum Gasteiger partial charge on any atom is 0.241 e. The van der Waals surface area contributed by atoms with E-state index in [4.69, 9.17) is 0 Å². The van der Waals surface area contributed by atoms with Crippen LogP contribution >= 0.6 is 0 Å². The van der Waals surface area contributed by atoms with Crippen molar-refractivity contribution >= 4 is 5.91 Å². The van der Waals surface area contributed by atoms with Crippen LogP contribution in [0.3, 0.4) is 0 Å². The predicted octanol–water partition coefficient (Wildman–Crippen LogP) is 1.17. The Balaban J connectivity index is 1.69. The summed E-state index contributed by atoms with van der Waals surface area (Å²) in [6, 6.07) is 1.96. The van der Waals surface area contributed by atoms with E-state index >= 15 is 0 Å². The lowest BCUT2D eigenvalue weighted by Gasteiger charge is -2.49. The van der Waals surface area contributed by atoms with Gasteiger partial charge in [0, 0.05) is 18.1 Å². The van der Waals surface area contributed by atoms with Gasteiger partial charge in [-0.25, -0.2) is 0 Å². The van der Waals surface area contributed by atoms with Crippen molar-refractivity contribution < 1.29 is 4.79 Å². The monoisotopic (exact) mass is 251 g/mol. The first kappa shape index (κ1) is 12.4. The number of nitrogens with one attached hydrogen (secondary N) is 1. The van der Waals surface area contributed by atoms with Gasteiger partial charge in [0.05, 0.1) is 12.7 Å². The number of piperidine rings is 2. The van der Waals surface area contributed by atoms with Gasteiger partial charge in [-0.3, -0.25) is 10.1 Å². The average molecular weight is 251 g/mol. The van der Waals surface area contributed by atoms with Gasteiger partial charge in [-0.15, -0.1) is 0 Å². The molecule has 0 aromatic rings. The van der Waals surface area contributed by atoms with Crippen molar-refractivity contribution in [2.75, 3.05) is 13.7 Å². The van der Waals surface area contributed by atoms with Crippen molar-refractivity contribution in [3.05, 3.63) is 0 Å². The van der Waals surface area contributed by atoms with Gasteiger partial charge in [-0.2, -0.15) is 0 Å². The normalized spacial score (nSPS) is 41.4. The van der Waals surface area contributed by atoms with Gasteiger partial charge in [-0.05, 0) is 39.2 Å². The standard InChI is InChI=1S/C14H25N3O/c1-3-13-14(18)17(9-15-13)12-7-10-5-4-6-11(8-12)16(10)2/h10-13,15H,3-9H2,1-2H3. The first-order valence-electron chi connectivity index (χ1n) is 7.46. The van der Waals surface area contributed by atoms with Crippen LogP contribution in [0.15, 0.2) is 0 Å². The van der Waals surface area contributed by atoms with E-state index in [1.165, 1.54) is 32.1 Å². The van der Waals surface area contributed by atoms with Crippen molar-refractivity contribution in [1.29, 1.82) is 0 Å². The molecule has 3 rings (SSSR count). The third-order valence-corrected chi connectivity index (χ3v) is 5.25. The summed E-state index contributed by atoms with van der Waals surface area (Å²) >= 11 is 0. The molecule has 4 heteroatoms. The smallest absolute Gasteiger partial charge is 0.241 e. The van der Waals surface area contributed by atoms with E-state index in [0.717, 1.165) is 13.1 Å². The molecule has 3 aliphatic rings. The lowest BCUT2D eigenvalue weighted by molar-refractivity contribution is -0.133. The Morgan fingerprint density at radius 1 is 1.22 bits per heavy atom. The van der Waals surface area contributed by atoms with Crippen molar-refractivity contribution in [3.63, 3.8) is 0 Å². The number of rotatable bonds is 2. The summed E-state index contributed by atoms with van der Waals surface area (Å²) in [5.41, 5.74) is 0. The maximum atomic E-state index is 12.3. The first-order valence-corrected chi connectivity index (χ1v) is 7.46. The lowest BCUT2D eigenvalue weighted by atomic mass is 9.81. The summed E-state index contributed by atoms with van der Waals surface area (Å²) in [4.78, 5) is 17.0. The number of carbonyl (C=O) groups excluding carboxylic acids is 1. The number of fused-ring (bicyclic) bond motifs is 2. The molecule has 18 heavy (non-hydrogen) atoms. The Morgan fingerprint density at radius 3 is 2.44 bits per heavy atom. The fourth-order valence-corrected chi connectivity index (χ4v) is 4.04. The number of hydrogen-bond acceptors (Lipinski definition) is 3. The number of carbonyl (C=O) groups is 1. The summed E-state index contributed by atoms with van der Waals surface area (Å²) in [6.45, 7) is 2.85. The van der Waals surface area contributed by atoms with Crippen LogP contribution in [0.2, 0.25) is 0 Å². The van der Waals surface area contributed by atoms with Gasteiger partial charge >= 0.3 is 0 Å². The van der Waals surface area contributed by atoms with Gasteiger partial charge in [0.1, 0.15) is 0 Å². The predicted molar refractivity (Wildman–Crippen MR) is 71.1 cm³/mol. The van der Waals surface area contributed by atoms with Crippen molar-refractivity contribution in [2.24, 2.45) is 0 Å². The van der Waals surface area contributed by atoms with Gasteiger partial charge in [0.15, 0.2) is 0 Å². The molecule has 0 aliphatic carbocycles. The molecule has 3 fully saturated rings. The second kappa shape index (κ2) is 4.82. The first-order chi connectivity index (χ1) is 8.70. The summed E-state index contributed by atoms with van der Waals surface area (Å²) in [7, 11) is 2.27. The van der Waals surface area contributed by atoms with Gasteiger partial charge in [0.2, 0.25) is 5.91 Å². The minimum Gasteiger partial charge on any atom is -0.325 e. The highest BCUT2D eigenvalue weighted by Gasteiger charge is 2.42. The average Bonchev–Trinajstić information content (AvgIpc) is 2.70. The molecule has 0 radical (unpaired) electrons. The van der Waals surface area contributed by atoms with Crippen LogP contribution in [-0.2, 0) is 4.79 Å². The Morgan fingerprint density at radius 2 is 1.89 bits per heavy atom. The van der Waals surface area contributed by atoms with Crippen molar-refractivity contribution in [3.8, 4) is 0 Å². The van der Waals surface area contributed by atoms with Crippen LogP contribution in [-0.4, -0.2) is 53.6 Å². The minimum atomic E-state index is 0.0736. The minimum absolute atomic E-state index is 0.0736. The van der Waals surface area contributed by atoms with Crippen molar-refractivity contribution in [1.82, 2.24) is 15.1 Å². The molecule has 3 saturated heterocycles. The fraction of sp³-hybridized carbons (Fsp3) is 0.929.